The number of carbonyl (C=O) groups is 1. The third kappa shape index (κ3) is 4.25. The van der Waals surface area contributed by atoms with Gasteiger partial charge in [-0.15, -0.1) is 11.3 Å². The lowest BCUT2D eigenvalue weighted by Gasteiger charge is -2.14. The second-order valence-corrected chi connectivity index (χ2v) is 6.82. The van der Waals surface area contributed by atoms with Crippen LogP contribution in [0, 0.1) is 0 Å². The molecule has 1 rings (SSSR count). The highest BCUT2D eigenvalue weighted by Gasteiger charge is 2.14. The Balaban J connectivity index is 2.53. The van der Waals surface area contributed by atoms with Gasteiger partial charge in [0.25, 0.3) is 5.91 Å². The highest BCUT2D eigenvalue weighted by atomic mass is 79.9. The minimum Gasteiger partial charge on any atom is -0.349 e. The van der Waals surface area contributed by atoms with E-state index in [1.807, 2.05) is 18.4 Å². The van der Waals surface area contributed by atoms with Gasteiger partial charge >= 0.3 is 0 Å². The molecule has 0 aliphatic rings. The number of alkyl halides is 1. The van der Waals surface area contributed by atoms with Crippen molar-refractivity contribution in [2.45, 2.75) is 31.1 Å². The molecule has 0 radical (unpaired) electrons. The van der Waals surface area contributed by atoms with Gasteiger partial charge in [-0.2, -0.15) is 0 Å². The van der Waals surface area contributed by atoms with Crippen molar-refractivity contribution in [3.8, 4) is 0 Å². The third-order valence-corrected chi connectivity index (χ3v) is 4.09. The molecule has 0 fully saturated rings. The second kappa shape index (κ2) is 6.01. The van der Waals surface area contributed by atoms with Crippen LogP contribution in [0.5, 0.6) is 0 Å². The Kier molecular flexibility index (Phi) is 5.29. The van der Waals surface area contributed by atoms with Crippen LogP contribution in [0.2, 0.25) is 0 Å². The Bertz CT molecular complexity index is 338. The van der Waals surface area contributed by atoms with E-state index in [0.717, 1.165) is 15.8 Å². The fourth-order valence-corrected chi connectivity index (χ4v) is 3.31. The van der Waals surface area contributed by atoms with E-state index in [-0.39, 0.29) is 11.9 Å². The Morgan fingerprint density at radius 2 is 2.27 bits per heavy atom. The Labute approximate surface area is 111 Å². The quantitative estimate of drug-likeness (QED) is 0.818. The molecule has 15 heavy (non-hydrogen) atoms. The fourth-order valence-electron chi connectivity index (χ4n) is 1.29. The van der Waals surface area contributed by atoms with Crippen molar-refractivity contribution in [1.82, 2.24) is 5.32 Å². The van der Waals surface area contributed by atoms with Gasteiger partial charge < -0.3 is 5.32 Å². The summed E-state index contributed by atoms with van der Waals surface area (Å²) in [5, 5.41) is 4.87. The number of amides is 1. The molecule has 1 aromatic heterocycles. The van der Waals surface area contributed by atoms with Gasteiger partial charge in [-0.05, 0) is 40.7 Å². The highest BCUT2D eigenvalue weighted by Crippen LogP contribution is 2.22. The summed E-state index contributed by atoms with van der Waals surface area (Å²) in [5.41, 5.74) is 0. The van der Waals surface area contributed by atoms with Crippen LogP contribution < -0.4 is 5.32 Å². The molecule has 0 bridgehead atoms. The van der Waals surface area contributed by atoms with Crippen molar-refractivity contribution < 1.29 is 4.79 Å². The van der Waals surface area contributed by atoms with Crippen LogP contribution in [-0.4, -0.2) is 16.8 Å². The summed E-state index contributed by atoms with van der Waals surface area (Å²) in [6.45, 7) is 4.08. The van der Waals surface area contributed by atoms with Gasteiger partial charge in [0.15, 0.2) is 0 Å². The number of hydrogen-bond donors (Lipinski definition) is 1. The summed E-state index contributed by atoms with van der Waals surface area (Å²) in [6, 6.07) is 2.07. The van der Waals surface area contributed by atoms with Crippen LogP contribution in [0.4, 0.5) is 0 Å². The first-order chi connectivity index (χ1) is 7.00. The molecule has 2 atom stereocenters. The summed E-state index contributed by atoms with van der Waals surface area (Å²) in [7, 11) is 0. The maximum atomic E-state index is 11.8. The molecule has 1 amide bonds. The predicted molar refractivity (Wildman–Crippen MR) is 72.0 cm³/mol. The number of nitrogens with one attached hydrogen (secondary N) is 1. The SMILES string of the molecule is CC(Br)CC(C)NC(=O)c1sccc1Br. The monoisotopic (exact) mass is 353 g/mol. The van der Waals surface area contributed by atoms with Gasteiger partial charge in [0, 0.05) is 15.3 Å². The van der Waals surface area contributed by atoms with E-state index in [1.54, 1.807) is 0 Å². The van der Waals surface area contributed by atoms with Gasteiger partial charge in [-0.25, -0.2) is 0 Å². The maximum Gasteiger partial charge on any atom is 0.262 e. The standard InChI is InChI=1S/C10H13Br2NOS/c1-6(11)5-7(2)13-10(14)9-8(12)3-4-15-9/h3-4,6-7H,5H2,1-2H3,(H,13,14). The molecule has 0 aliphatic heterocycles. The molecule has 0 saturated carbocycles. The molecular weight excluding hydrogens is 342 g/mol. The van der Waals surface area contributed by atoms with Crippen molar-refractivity contribution >= 4 is 49.1 Å². The number of hydrogen-bond acceptors (Lipinski definition) is 2. The molecule has 0 aliphatic carbocycles. The topological polar surface area (TPSA) is 29.1 Å². The third-order valence-electron chi connectivity index (χ3n) is 1.88. The van der Waals surface area contributed by atoms with E-state index in [4.69, 9.17) is 0 Å². The Morgan fingerprint density at radius 1 is 1.60 bits per heavy atom. The van der Waals surface area contributed by atoms with E-state index in [9.17, 15) is 4.79 Å². The molecule has 2 nitrogen and oxygen atoms in total. The molecule has 0 saturated heterocycles. The van der Waals surface area contributed by atoms with E-state index < -0.39 is 0 Å². The minimum absolute atomic E-state index is 0.00229. The van der Waals surface area contributed by atoms with Crippen LogP contribution in [0.15, 0.2) is 15.9 Å². The zero-order valence-electron chi connectivity index (χ0n) is 8.59. The molecule has 1 heterocycles. The van der Waals surface area contributed by atoms with Crippen LogP contribution in [0.3, 0.4) is 0 Å². The maximum absolute atomic E-state index is 11.8. The van der Waals surface area contributed by atoms with Crippen molar-refractivity contribution in [3.05, 3.63) is 20.8 Å². The summed E-state index contributed by atoms with van der Waals surface area (Å²) < 4.78 is 0.865. The lowest BCUT2D eigenvalue weighted by atomic mass is 10.2. The average Bonchev–Trinajstić information content (AvgIpc) is 2.49. The van der Waals surface area contributed by atoms with Crippen molar-refractivity contribution in [2.24, 2.45) is 0 Å². The van der Waals surface area contributed by atoms with Gasteiger partial charge in [0.2, 0.25) is 0 Å². The number of carbonyl (C=O) groups excluding carboxylic acids is 1. The van der Waals surface area contributed by atoms with Crippen molar-refractivity contribution in [3.63, 3.8) is 0 Å². The number of halogens is 2. The summed E-state index contributed by atoms with van der Waals surface area (Å²) >= 11 is 8.27. The van der Waals surface area contributed by atoms with Crippen molar-refractivity contribution in [1.29, 1.82) is 0 Å². The van der Waals surface area contributed by atoms with Crippen LogP contribution >= 0.6 is 43.2 Å². The highest BCUT2D eigenvalue weighted by molar-refractivity contribution is 9.10. The lowest BCUT2D eigenvalue weighted by Crippen LogP contribution is -2.33. The number of rotatable bonds is 4. The summed E-state index contributed by atoms with van der Waals surface area (Å²) in [6.07, 6.45) is 0.925. The lowest BCUT2D eigenvalue weighted by molar-refractivity contribution is 0.0942. The van der Waals surface area contributed by atoms with Gasteiger partial charge in [-0.3, -0.25) is 4.79 Å². The minimum atomic E-state index is -0.00229. The van der Waals surface area contributed by atoms with E-state index in [1.165, 1.54) is 11.3 Å². The smallest absolute Gasteiger partial charge is 0.262 e. The zero-order valence-corrected chi connectivity index (χ0v) is 12.6. The summed E-state index contributed by atoms with van der Waals surface area (Å²) in [4.78, 5) is 12.9. The Hall–Kier alpha value is 0.130. The molecule has 84 valence electrons. The largest absolute Gasteiger partial charge is 0.349 e. The fraction of sp³-hybridized carbons (Fsp3) is 0.500. The first-order valence-corrected chi connectivity index (χ1v) is 7.27. The van der Waals surface area contributed by atoms with Crippen LogP contribution in [-0.2, 0) is 0 Å². The Morgan fingerprint density at radius 3 is 2.73 bits per heavy atom. The van der Waals surface area contributed by atoms with E-state index >= 15 is 0 Å². The van der Waals surface area contributed by atoms with Crippen molar-refractivity contribution in [2.75, 3.05) is 0 Å². The molecule has 5 heteroatoms. The van der Waals surface area contributed by atoms with Gasteiger partial charge in [-0.1, -0.05) is 22.9 Å². The summed E-state index contributed by atoms with van der Waals surface area (Å²) in [5.74, 6) is -0.00229. The average molecular weight is 355 g/mol. The second-order valence-electron chi connectivity index (χ2n) is 3.49. The van der Waals surface area contributed by atoms with Crippen LogP contribution in [0.25, 0.3) is 0 Å². The molecule has 1 N–H and O–H groups in total. The van der Waals surface area contributed by atoms with Gasteiger partial charge in [0.05, 0.1) is 0 Å². The van der Waals surface area contributed by atoms with Gasteiger partial charge in [0.1, 0.15) is 4.88 Å². The zero-order chi connectivity index (χ0) is 11.4. The normalized spacial score (nSPS) is 14.7. The molecule has 0 spiro atoms. The first-order valence-electron chi connectivity index (χ1n) is 4.68. The molecule has 0 aromatic carbocycles. The van der Waals surface area contributed by atoms with E-state index in [0.29, 0.717) is 4.83 Å². The molecular formula is C10H13Br2NOS. The van der Waals surface area contributed by atoms with E-state index in [2.05, 4.69) is 44.1 Å². The number of thiophene rings is 1. The predicted octanol–water partition coefficient (Wildman–Crippen LogP) is 3.80. The molecule has 1 aromatic rings. The van der Waals surface area contributed by atoms with Crippen LogP contribution in [0.1, 0.15) is 29.9 Å². The first kappa shape index (κ1) is 13.2. The molecule has 2 unspecified atom stereocenters.